The van der Waals surface area contributed by atoms with Crippen molar-refractivity contribution in [3.8, 4) is 17.6 Å². The van der Waals surface area contributed by atoms with Gasteiger partial charge in [-0.1, -0.05) is 11.8 Å². The molecular formula is C10H8F2OS. The van der Waals surface area contributed by atoms with Crippen LogP contribution >= 0.6 is 12.6 Å². The van der Waals surface area contributed by atoms with Crippen LogP contribution in [-0.4, -0.2) is 12.9 Å². The van der Waals surface area contributed by atoms with Crippen LogP contribution in [-0.2, 0) is 0 Å². The first-order valence-corrected chi connectivity index (χ1v) is 4.45. The lowest BCUT2D eigenvalue weighted by Crippen LogP contribution is -1.93. The van der Waals surface area contributed by atoms with Gasteiger partial charge in [0, 0.05) is 5.56 Å². The summed E-state index contributed by atoms with van der Waals surface area (Å²) in [4.78, 5) is 0. The molecule has 0 unspecified atom stereocenters. The fraction of sp³-hybridized carbons (Fsp3) is 0.200. The molecule has 74 valence electrons. The quantitative estimate of drug-likeness (QED) is 0.557. The van der Waals surface area contributed by atoms with Crippen molar-refractivity contribution in [1.82, 2.24) is 0 Å². The van der Waals surface area contributed by atoms with Gasteiger partial charge in [0.2, 0.25) is 0 Å². The van der Waals surface area contributed by atoms with E-state index in [2.05, 4.69) is 29.2 Å². The van der Waals surface area contributed by atoms with Crippen LogP contribution in [0.25, 0.3) is 0 Å². The summed E-state index contributed by atoms with van der Waals surface area (Å²) in [5, 5.41) is 0. The third-order valence-corrected chi connectivity index (χ3v) is 1.67. The molecule has 0 aliphatic carbocycles. The number of methoxy groups -OCH3 is 1. The largest absolute Gasteiger partial charge is 0.491 e. The smallest absolute Gasteiger partial charge is 0.190 e. The fourth-order valence-corrected chi connectivity index (χ4v) is 1.05. The molecule has 0 fully saturated rings. The molecule has 0 radical (unpaired) electrons. The Bertz CT molecular complexity index is 370. The van der Waals surface area contributed by atoms with Gasteiger partial charge in [-0.15, -0.1) is 0 Å². The third kappa shape index (κ3) is 2.39. The summed E-state index contributed by atoms with van der Waals surface area (Å²) in [6.07, 6.45) is 0. The van der Waals surface area contributed by atoms with E-state index in [9.17, 15) is 8.78 Å². The first kappa shape index (κ1) is 10.9. The maximum absolute atomic E-state index is 13.1. The predicted molar refractivity (Wildman–Crippen MR) is 53.6 cm³/mol. The number of benzene rings is 1. The van der Waals surface area contributed by atoms with E-state index in [-0.39, 0.29) is 11.3 Å². The van der Waals surface area contributed by atoms with Gasteiger partial charge in [0.1, 0.15) is 0 Å². The molecule has 1 aromatic carbocycles. The molecule has 0 aromatic heterocycles. The average Bonchev–Trinajstić information content (AvgIpc) is 2.14. The summed E-state index contributed by atoms with van der Waals surface area (Å²) in [5.41, 5.74) is 0.273. The van der Waals surface area contributed by atoms with E-state index in [1.807, 2.05) is 0 Å². The summed E-state index contributed by atoms with van der Waals surface area (Å²) in [7, 11) is 1.21. The van der Waals surface area contributed by atoms with E-state index in [0.717, 1.165) is 12.1 Å². The Hall–Kier alpha value is -1.21. The number of hydrogen-bond donors (Lipinski definition) is 1. The van der Waals surface area contributed by atoms with Gasteiger partial charge in [-0.3, -0.25) is 0 Å². The van der Waals surface area contributed by atoms with Gasteiger partial charge >= 0.3 is 0 Å². The van der Waals surface area contributed by atoms with Crippen molar-refractivity contribution in [2.75, 3.05) is 12.9 Å². The van der Waals surface area contributed by atoms with E-state index in [1.54, 1.807) is 0 Å². The molecule has 0 amide bonds. The maximum atomic E-state index is 13.1. The molecular weight excluding hydrogens is 206 g/mol. The highest BCUT2D eigenvalue weighted by Crippen LogP contribution is 2.22. The monoisotopic (exact) mass is 214 g/mol. The van der Waals surface area contributed by atoms with Gasteiger partial charge in [-0.25, -0.2) is 8.78 Å². The minimum absolute atomic E-state index is 0.273. The van der Waals surface area contributed by atoms with E-state index >= 15 is 0 Å². The van der Waals surface area contributed by atoms with Crippen LogP contribution in [0.1, 0.15) is 5.56 Å². The Kier molecular flexibility index (Phi) is 3.78. The normalized spacial score (nSPS) is 9.14. The molecule has 0 saturated heterocycles. The van der Waals surface area contributed by atoms with E-state index in [4.69, 9.17) is 0 Å². The second-order valence-electron chi connectivity index (χ2n) is 2.43. The molecule has 4 heteroatoms. The number of hydrogen-bond acceptors (Lipinski definition) is 2. The Balaban J connectivity index is 3.14. The zero-order valence-corrected chi connectivity index (χ0v) is 8.37. The highest BCUT2D eigenvalue weighted by Gasteiger charge is 2.09. The topological polar surface area (TPSA) is 9.23 Å². The van der Waals surface area contributed by atoms with Crippen molar-refractivity contribution in [3.63, 3.8) is 0 Å². The summed E-state index contributed by atoms with van der Waals surface area (Å²) in [6, 6.07) is 2.25. The first-order chi connectivity index (χ1) is 6.69. The molecule has 0 spiro atoms. The van der Waals surface area contributed by atoms with E-state index < -0.39 is 11.6 Å². The van der Waals surface area contributed by atoms with Crippen LogP contribution in [0.3, 0.4) is 0 Å². The molecule has 0 atom stereocenters. The Morgan fingerprint density at radius 1 is 1.36 bits per heavy atom. The zero-order chi connectivity index (χ0) is 10.6. The van der Waals surface area contributed by atoms with Crippen molar-refractivity contribution in [2.45, 2.75) is 0 Å². The standard InChI is InChI=1S/C10H8F2OS/c1-13-10-8(11)5-7(3-2-4-14)6-9(10)12/h5-6,14H,4H2,1H3. The van der Waals surface area contributed by atoms with Crippen LogP contribution in [0.2, 0.25) is 0 Å². The molecule has 14 heavy (non-hydrogen) atoms. The first-order valence-electron chi connectivity index (χ1n) is 3.81. The molecule has 0 bridgehead atoms. The Morgan fingerprint density at radius 2 is 1.93 bits per heavy atom. The van der Waals surface area contributed by atoms with Crippen LogP contribution < -0.4 is 4.74 Å². The summed E-state index contributed by atoms with van der Waals surface area (Å²) >= 11 is 3.86. The molecule has 0 aliphatic rings. The number of thiol groups is 1. The second kappa shape index (κ2) is 4.87. The Morgan fingerprint density at radius 3 is 2.36 bits per heavy atom. The van der Waals surface area contributed by atoms with Crippen LogP contribution in [0.5, 0.6) is 5.75 Å². The minimum Gasteiger partial charge on any atom is -0.491 e. The van der Waals surface area contributed by atoms with E-state index in [0.29, 0.717) is 5.75 Å². The van der Waals surface area contributed by atoms with Gasteiger partial charge in [0.25, 0.3) is 0 Å². The van der Waals surface area contributed by atoms with Crippen LogP contribution in [0.15, 0.2) is 12.1 Å². The van der Waals surface area contributed by atoms with Gasteiger partial charge in [-0.05, 0) is 12.1 Å². The number of ether oxygens (including phenoxy) is 1. The van der Waals surface area contributed by atoms with Gasteiger partial charge < -0.3 is 4.74 Å². The summed E-state index contributed by atoms with van der Waals surface area (Å²) in [5.74, 6) is 3.61. The summed E-state index contributed by atoms with van der Waals surface area (Å²) < 4.78 is 30.7. The highest BCUT2D eigenvalue weighted by molar-refractivity contribution is 7.80. The average molecular weight is 214 g/mol. The van der Waals surface area contributed by atoms with Crippen molar-refractivity contribution in [2.24, 2.45) is 0 Å². The molecule has 1 aromatic rings. The van der Waals surface area contributed by atoms with Gasteiger partial charge in [-0.2, -0.15) is 12.6 Å². The van der Waals surface area contributed by atoms with Crippen LogP contribution in [0, 0.1) is 23.5 Å². The second-order valence-corrected chi connectivity index (χ2v) is 2.75. The van der Waals surface area contributed by atoms with Crippen molar-refractivity contribution in [3.05, 3.63) is 29.3 Å². The number of rotatable bonds is 1. The predicted octanol–water partition coefficient (Wildman–Crippen LogP) is 2.25. The van der Waals surface area contributed by atoms with Gasteiger partial charge in [0.15, 0.2) is 17.4 Å². The van der Waals surface area contributed by atoms with Crippen molar-refractivity contribution in [1.29, 1.82) is 0 Å². The number of halogens is 2. The van der Waals surface area contributed by atoms with E-state index in [1.165, 1.54) is 7.11 Å². The SMILES string of the molecule is COc1c(F)cc(C#CCS)cc1F. The minimum atomic E-state index is -0.754. The molecule has 0 aliphatic heterocycles. The van der Waals surface area contributed by atoms with Crippen LogP contribution in [0.4, 0.5) is 8.78 Å². The maximum Gasteiger partial charge on any atom is 0.190 e. The highest BCUT2D eigenvalue weighted by atomic mass is 32.1. The molecule has 1 nitrogen and oxygen atoms in total. The lowest BCUT2D eigenvalue weighted by Gasteiger charge is -2.02. The fourth-order valence-electron chi connectivity index (χ4n) is 0.969. The lowest BCUT2D eigenvalue weighted by molar-refractivity contribution is 0.359. The molecule has 0 N–H and O–H groups in total. The van der Waals surface area contributed by atoms with Crippen molar-refractivity contribution < 1.29 is 13.5 Å². The zero-order valence-electron chi connectivity index (χ0n) is 7.47. The molecule has 0 saturated carbocycles. The molecule has 1 rings (SSSR count). The summed E-state index contributed by atoms with van der Waals surface area (Å²) in [6.45, 7) is 0. The van der Waals surface area contributed by atoms with Gasteiger partial charge in [0.05, 0.1) is 12.9 Å². The lowest BCUT2D eigenvalue weighted by atomic mass is 10.2. The third-order valence-electron chi connectivity index (χ3n) is 1.51. The Labute approximate surface area is 86.5 Å². The van der Waals surface area contributed by atoms with Crippen molar-refractivity contribution >= 4 is 12.6 Å². The molecule has 0 heterocycles.